The first-order chi connectivity index (χ1) is 16.8. The molecule has 6 nitrogen and oxygen atoms in total. The van der Waals surface area contributed by atoms with Crippen LogP contribution in [0.15, 0.2) is 71.6 Å². The van der Waals surface area contributed by atoms with Crippen LogP contribution in [-0.2, 0) is 16.2 Å². The van der Waals surface area contributed by atoms with Gasteiger partial charge in [0.15, 0.2) is 0 Å². The summed E-state index contributed by atoms with van der Waals surface area (Å²) in [6.07, 6.45) is 1.57. The molecular formula is C25H17Cl2FN2O4S. The Kier molecular flexibility index (Phi) is 7.75. The third-order valence-electron chi connectivity index (χ3n) is 4.85. The number of nitrogens with zero attached hydrogens (tertiary/aromatic N) is 1. The van der Waals surface area contributed by atoms with Crippen molar-refractivity contribution in [3.63, 3.8) is 0 Å². The highest BCUT2D eigenvalue weighted by Gasteiger charge is 2.36. The third-order valence-corrected chi connectivity index (χ3v) is 6.30. The van der Waals surface area contributed by atoms with Gasteiger partial charge in [0.05, 0.1) is 9.93 Å². The molecular weight excluding hydrogens is 514 g/mol. The second-order valence-electron chi connectivity index (χ2n) is 7.43. The number of rotatable bonds is 7. The van der Waals surface area contributed by atoms with E-state index in [4.69, 9.17) is 27.9 Å². The average Bonchev–Trinajstić information content (AvgIpc) is 3.08. The predicted molar refractivity (Wildman–Crippen MR) is 135 cm³/mol. The molecule has 0 spiro atoms. The van der Waals surface area contributed by atoms with Crippen molar-refractivity contribution in [2.45, 2.75) is 6.61 Å². The zero-order valence-corrected chi connectivity index (χ0v) is 20.3. The number of carbonyl (C=O) groups is 3. The molecule has 0 bridgehead atoms. The largest absolute Gasteiger partial charge is 0.489 e. The molecule has 10 heteroatoms. The van der Waals surface area contributed by atoms with Gasteiger partial charge in [0.1, 0.15) is 24.7 Å². The van der Waals surface area contributed by atoms with Crippen molar-refractivity contribution in [3.05, 3.63) is 98.6 Å². The Morgan fingerprint density at radius 1 is 1.06 bits per heavy atom. The van der Waals surface area contributed by atoms with Crippen molar-refractivity contribution in [3.8, 4) is 5.75 Å². The van der Waals surface area contributed by atoms with Crippen LogP contribution in [0.3, 0.4) is 0 Å². The van der Waals surface area contributed by atoms with Crippen molar-refractivity contribution in [2.24, 2.45) is 0 Å². The van der Waals surface area contributed by atoms with Crippen LogP contribution in [0.25, 0.3) is 6.08 Å². The Morgan fingerprint density at radius 3 is 2.57 bits per heavy atom. The molecule has 0 aromatic heterocycles. The van der Waals surface area contributed by atoms with E-state index >= 15 is 0 Å². The lowest BCUT2D eigenvalue weighted by molar-refractivity contribution is -0.127. The molecule has 1 N–H and O–H groups in total. The van der Waals surface area contributed by atoms with Crippen LogP contribution in [-0.4, -0.2) is 28.5 Å². The number of anilines is 1. The molecule has 1 aliphatic rings. The lowest BCUT2D eigenvalue weighted by atomic mass is 10.2. The predicted octanol–water partition coefficient (Wildman–Crippen LogP) is 6.39. The van der Waals surface area contributed by atoms with Gasteiger partial charge in [-0.1, -0.05) is 47.5 Å². The number of amides is 3. The van der Waals surface area contributed by atoms with Crippen molar-refractivity contribution in [1.29, 1.82) is 0 Å². The Morgan fingerprint density at radius 2 is 1.83 bits per heavy atom. The fourth-order valence-corrected chi connectivity index (χ4v) is 4.29. The minimum atomic E-state index is -0.625. The van der Waals surface area contributed by atoms with Crippen LogP contribution < -0.4 is 10.1 Å². The summed E-state index contributed by atoms with van der Waals surface area (Å²) in [5.74, 6) is -1.24. The Bertz CT molecular complexity index is 1330. The van der Waals surface area contributed by atoms with E-state index in [9.17, 15) is 18.8 Å². The van der Waals surface area contributed by atoms with Crippen LogP contribution in [0.2, 0.25) is 10.0 Å². The van der Waals surface area contributed by atoms with Gasteiger partial charge in [-0.25, -0.2) is 4.39 Å². The fourth-order valence-electron chi connectivity index (χ4n) is 3.15. The standard InChI is InChI=1S/C25H17Cl2FN2O4S/c26-17-6-4-15(5-7-17)14-34-19-3-1-2-16(10-19)11-22-24(32)30(25(33)35-22)13-23(31)29-18-8-9-21(28)20(27)12-18/h1-12H,13-14H2,(H,29,31)/b22-11+. The summed E-state index contributed by atoms with van der Waals surface area (Å²) in [5, 5.41) is 2.41. The van der Waals surface area contributed by atoms with Crippen molar-refractivity contribution in [2.75, 3.05) is 11.9 Å². The SMILES string of the molecule is O=C(CN1C(=O)S/C(=C/c2cccc(OCc3ccc(Cl)cc3)c2)C1=O)Nc1ccc(F)c(Cl)c1. The Balaban J connectivity index is 1.39. The Hall–Kier alpha value is -3.33. The van der Waals surface area contributed by atoms with Gasteiger partial charge in [-0.15, -0.1) is 0 Å². The maximum absolute atomic E-state index is 13.3. The van der Waals surface area contributed by atoms with Crippen molar-refractivity contribution < 1.29 is 23.5 Å². The highest BCUT2D eigenvalue weighted by Crippen LogP contribution is 2.32. The van der Waals surface area contributed by atoms with Gasteiger partial charge in [0, 0.05) is 10.7 Å². The molecule has 3 aromatic carbocycles. The minimum Gasteiger partial charge on any atom is -0.489 e. The molecule has 3 aromatic rings. The van der Waals surface area contributed by atoms with Gasteiger partial charge in [-0.2, -0.15) is 0 Å². The zero-order chi connectivity index (χ0) is 24.9. The molecule has 1 fully saturated rings. The van der Waals surface area contributed by atoms with Crippen LogP contribution >= 0.6 is 35.0 Å². The maximum Gasteiger partial charge on any atom is 0.294 e. The van der Waals surface area contributed by atoms with Crippen LogP contribution in [0.5, 0.6) is 5.75 Å². The molecule has 0 atom stereocenters. The maximum atomic E-state index is 13.3. The lowest BCUT2D eigenvalue weighted by Gasteiger charge is -2.12. The summed E-state index contributed by atoms with van der Waals surface area (Å²) in [6.45, 7) is -0.146. The monoisotopic (exact) mass is 530 g/mol. The average molecular weight is 531 g/mol. The summed E-state index contributed by atoms with van der Waals surface area (Å²) in [7, 11) is 0. The summed E-state index contributed by atoms with van der Waals surface area (Å²) < 4.78 is 19.1. The number of hydrogen-bond acceptors (Lipinski definition) is 5. The molecule has 0 saturated carbocycles. The number of hydrogen-bond donors (Lipinski definition) is 1. The van der Waals surface area contributed by atoms with Gasteiger partial charge < -0.3 is 10.1 Å². The van der Waals surface area contributed by atoms with Crippen molar-refractivity contribution in [1.82, 2.24) is 4.90 Å². The minimum absolute atomic E-state index is 0.156. The van der Waals surface area contributed by atoms with Crippen LogP contribution in [0.1, 0.15) is 11.1 Å². The highest BCUT2D eigenvalue weighted by molar-refractivity contribution is 8.18. The summed E-state index contributed by atoms with van der Waals surface area (Å²) in [6, 6.07) is 18.0. The summed E-state index contributed by atoms with van der Waals surface area (Å²) in [4.78, 5) is 38.5. The normalized spacial score (nSPS) is 14.5. The molecule has 0 radical (unpaired) electrons. The van der Waals surface area contributed by atoms with Gasteiger partial charge in [-0.05, 0) is 71.4 Å². The molecule has 1 aliphatic heterocycles. The smallest absolute Gasteiger partial charge is 0.294 e. The molecule has 1 heterocycles. The van der Waals surface area contributed by atoms with Gasteiger partial charge in [0.2, 0.25) is 5.91 Å². The van der Waals surface area contributed by atoms with Crippen LogP contribution in [0, 0.1) is 5.82 Å². The number of ether oxygens (including phenoxy) is 1. The number of carbonyl (C=O) groups excluding carboxylic acids is 3. The summed E-state index contributed by atoms with van der Waals surface area (Å²) >= 11 is 12.3. The van der Waals surface area contributed by atoms with Gasteiger partial charge in [-0.3, -0.25) is 19.3 Å². The number of thioether (sulfide) groups is 1. The van der Waals surface area contributed by atoms with Crippen LogP contribution in [0.4, 0.5) is 14.9 Å². The number of nitrogens with one attached hydrogen (secondary N) is 1. The molecule has 0 unspecified atom stereocenters. The first-order valence-corrected chi connectivity index (χ1v) is 11.8. The fraction of sp³-hybridized carbons (Fsp3) is 0.0800. The number of halogens is 3. The quantitative estimate of drug-likeness (QED) is 0.358. The highest BCUT2D eigenvalue weighted by atomic mass is 35.5. The van der Waals surface area contributed by atoms with Crippen molar-refractivity contribution >= 4 is 63.8 Å². The molecule has 35 heavy (non-hydrogen) atoms. The molecule has 0 aliphatic carbocycles. The third kappa shape index (κ3) is 6.42. The van der Waals surface area contributed by atoms with E-state index in [-0.39, 0.29) is 15.6 Å². The molecule has 1 saturated heterocycles. The van der Waals surface area contributed by atoms with E-state index in [2.05, 4.69) is 5.32 Å². The molecule has 4 rings (SSSR count). The number of imide groups is 1. The molecule has 3 amide bonds. The van der Waals surface area contributed by atoms with E-state index < -0.39 is 29.4 Å². The Labute approximate surface area is 214 Å². The zero-order valence-electron chi connectivity index (χ0n) is 18.0. The van der Waals surface area contributed by atoms with E-state index in [1.165, 1.54) is 12.1 Å². The van der Waals surface area contributed by atoms with Gasteiger partial charge in [0.25, 0.3) is 11.1 Å². The topological polar surface area (TPSA) is 75.7 Å². The van der Waals surface area contributed by atoms with E-state index in [1.807, 2.05) is 12.1 Å². The second kappa shape index (κ2) is 10.9. The van der Waals surface area contributed by atoms with E-state index in [0.717, 1.165) is 28.3 Å². The first kappa shape index (κ1) is 24.8. The summed E-state index contributed by atoms with van der Waals surface area (Å²) in [5.41, 5.74) is 1.86. The molecule has 178 valence electrons. The number of benzene rings is 3. The first-order valence-electron chi connectivity index (χ1n) is 10.3. The second-order valence-corrected chi connectivity index (χ2v) is 9.27. The van der Waals surface area contributed by atoms with E-state index in [0.29, 0.717) is 22.9 Å². The lowest BCUT2D eigenvalue weighted by Crippen LogP contribution is -2.36. The van der Waals surface area contributed by atoms with Gasteiger partial charge >= 0.3 is 0 Å². The van der Waals surface area contributed by atoms with E-state index in [1.54, 1.807) is 42.5 Å².